The first kappa shape index (κ1) is 21.0. The van der Waals surface area contributed by atoms with E-state index in [1.54, 1.807) is 0 Å². The zero-order chi connectivity index (χ0) is 16.8. The standard InChI is InChI=1S/C15H28O7/c1-4-5-6-8-21-15(18,22-14(17)13(2)3)12-20-11-10-19-9-7-16/h16,18H,2,4-12H2,1,3H3. The molecule has 0 saturated heterocycles. The van der Waals surface area contributed by atoms with Crippen LogP contribution in [0.2, 0.25) is 0 Å². The number of aliphatic hydroxyl groups is 2. The van der Waals surface area contributed by atoms with Crippen LogP contribution in [0, 0.1) is 0 Å². The number of esters is 1. The van der Waals surface area contributed by atoms with Gasteiger partial charge in [-0.25, -0.2) is 4.79 Å². The lowest BCUT2D eigenvalue weighted by molar-refractivity contribution is -0.357. The van der Waals surface area contributed by atoms with E-state index < -0.39 is 11.9 Å². The van der Waals surface area contributed by atoms with Crippen LogP contribution in [0.1, 0.15) is 33.1 Å². The maximum atomic E-state index is 11.6. The Balaban J connectivity index is 4.25. The molecule has 0 aliphatic carbocycles. The fraction of sp³-hybridized carbons (Fsp3) is 0.800. The van der Waals surface area contributed by atoms with Crippen LogP contribution >= 0.6 is 0 Å². The molecule has 0 bridgehead atoms. The van der Waals surface area contributed by atoms with E-state index in [0.29, 0.717) is 0 Å². The minimum atomic E-state index is -2.14. The number of carbonyl (C=O) groups excluding carboxylic acids is 1. The molecule has 1 atom stereocenters. The molecule has 2 N–H and O–H groups in total. The molecule has 0 fully saturated rings. The molecule has 0 amide bonds. The topological polar surface area (TPSA) is 94.5 Å². The molecule has 0 aromatic heterocycles. The van der Waals surface area contributed by atoms with Crippen molar-refractivity contribution in [3.63, 3.8) is 0 Å². The average molecular weight is 320 g/mol. The van der Waals surface area contributed by atoms with Crippen molar-refractivity contribution in [2.24, 2.45) is 0 Å². The van der Waals surface area contributed by atoms with Gasteiger partial charge in [0.05, 0.1) is 33.0 Å². The normalized spacial score (nSPS) is 13.6. The van der Waals surface area contributed by atoms with Crippen molar-refractivity contribution in [1.82, 2.24) is 0 Å². The summed E-state index contributed by atoms with van der Waals surface area (Å²) in [5.74, 6) is -2.89. The van der Waals surface area contributed by atoms with E-state index in [1.165, 1.54) is 6.92 Å². The maximum Gasteiger partial charge on any atom is 0.351 e. The van der Waals surface area contributed by atoms with Crippen LogP contribution in [-0.4, -0.2) is 61.8 Å². The molecule has 0 rings (SSSR count). The highest BCUT2D eigenvalue weighted by Crippen LogP contribution is 2.14. The van der Waals surface area contributed by atoms with Crippen LogP contribution in [-0.2, 0) is 23.7 Å². The Morgan fingerprint density at radius 2 is 1.82 bits per heavy atom. The number of hydrogen-bond acceptors (Lipinski definition) is 7. The first-order valence-corrected chi connectivity index (χ1v) is 7.46. The SMILES string of the molecule is C=C(C)C(=O)OC(O)(COCCOCCO)OCCCCC. The Bertz CT molecular complexity index is 319. The minimum Gasteiger partial charge on any atom is -0.402 e. The highest BCUT2D eigenvalue weighted by atomic mass is 16.8. The van der Waals surface area contributed by atoms with Gasteiger partial charge in [0.25, 0.3) is 0 Å². The van der Waals surface area contributed by atoms with Gasteiger partial charge >= 0.3 is 11.9 Å². The molecular weight excluding hydrogens is 292 g/mol. The molecule has 0 saturated carbocycles. The van der Waals surface area contributed by atoms with E-state index in [9.17, 15) is 9.90 Å². The van der Waals surface area contributed by atoms with Crippen molar-refractivity contribution < 1.29 is 34.0 Å². The maximum absolute atomic E-state index is 11.6. The molecule has 130 valence electrons. The molecule has 0 aliphatic rings. The Kier molecular flexibility index (Phi) is 12.0. The van der Waals surface area contributed by atoms with Gasteiger partial charge in [-0.05, 0) is 13.3 Å². The second kappa shape index (κ2) is 12.5. The van der Waals surface area contributed by atoms with Crippen LogP contribution < -0.4 is 0 Å². The summed E-state index contributed by atoms with van der Waals surface area (Å²) in [6.07, 6.45) is 2.69. The number of carbonyl (C=O) groups is 1. The van der Waals surface area contributed by atoms with Crippen molar-refractivity contribution in [2.75, 3.05) is 39.6 Å². The summed E-state index contributed by atoms with van der Waals surface area (Å²) >= 11 is 0. The number of aliphatic hydroxyl groups excluding tert-OH is 1. The average Bonchev–Trinajstić information content (AvgIpc) is 2.47. The van der Waals surface area contributed by atoms with Gasteiger partial charge in [0.1, 0.15) is 6.61 Å². The zero-order valence-corrected chi connectivity index (χ0v) is 13.5. The summed E-state index contributed by atoms with van der Waals surface area (Å²) in [5, 5.41) is 18.8. The zero-order valence-electron chi connectivity index (χ0n) is 13.5. The predicted octanol–water partition coefficient (Wildman–Crippen LogP) is 0.984. The van der Waals surface area contributed by atoms with Gasteiger partial charge in [-0.15, -0.1) is 0 Å². The van der Waals surface area contributed by atoms with E-state index in [1.807, 2.05) is 6.92 Å². The first-order chi connectivity index (χ1) is 10.4. The van der Waals surface area contributed by atoms with Crippen LogP contribution in [0.3, 0.4) is 0 Å². The summed E-state index contributed by atoms with van der Waals surface area (Å²) in [6.45, 7) is 7.46. The first-order valence-electron chi connectivity index (χ1n) is 7.46. The molecule has 7 nitrogen and oxygen atoms in total. The van der Waals surface area contributed by atoms with Gasteiger partial charge in [0.2, 0.25) is 0 Å². The van der Waals surface area contributed by atoms with E-state index in [-0.39, 0.29) is 45.2 Å². The van der Waals surface area contributed by atoms with Crippen LogP contribution in [0.25, 0.3) is 0 Å². The molecule has 0 spiro atoms. The van der Waals surface area contributed by atoms with E-state index in [0.717, 1.165) is 19.3 Å². The van der Waals surface area contributed by atoms with E-state index >= 15 is 0 Å². The molecule has 0 heterocycles. The second-order valence-electron chi connectivity index (χ2n) is 4.83. The van der Waals surface area contributed by atoms with Crippen molar-refractivity contribution in [3.8, 4) is 0 Å². The second-order valence-corrected chi connectivity index (χ2v) is 4.83. The Morgan fingerprint density at radius 1 is 1.14 bits per heavy atom. The van der Waals surface area contributed by atoms with Gasteiger partial charge in [-0.3, -0.25) is 0 Å². The fourth-order valence-corrected chi connectivity index (χ4v) is 1.40. The predicted molar refractivity (Wildman–Crippen MR) is 80.1 cm³/mol. The third-order valence-corrected chi connectivity index (χ3v) is 2.57. The van der Waals surface area contributed by atoms with E-state index in [4.69, 9.17) is 24.1 Å². The van der Waals surface area contributed by atoms with Crippen LogP contribution in [0.4, 0.5) is 0 Å². The summed E-state index contributed by atoms with van der Waals surface area (Å²) in [7, 11) is 0. The van der Waals surface area contributed by atoms with Gasteiger partial charge < -0.3 is 29.2 Å². The molecule has 0 aliphatic heterocycles. The Hall–Kier alpha value is -0.990. The molecule has 0 aromatic rings. The molecular formula is C15H28O7. The lowest BCUT2D eigenvalue weighted by atomic mass is 10.3. The molecule has 7 heteroatoms. The van der Waals surface area contributed by atoms with Crippen LogP contribution in [0.5, 0.6) is 0 Å². The minimum absolute atomic E-state index is 0.0687. The molecule has 1 unspecified atom stereocenters. The smallest absolute Gasteiger partial charge is 0.351 e. The summed E-state index contributed by atoms with van der Waals surface area (Å²) in [5.41, 5.74) is 0.155. The quantitative estimate of drug-likeness (QED) is 0.213. The Labute approximate surface area is 131 Å². The molecule has 22 heavy (non-hydrogen) atoms. The Morgan fingerprint density at radius 3 is 2.41 bits per heavy atom. The molecule has 0 aromatic carbocycles. The number of rotatable bonds is 14. The highest BCUT2D eigenvalue weighted by Gasteiger charge is 2.33. The monoisotopic (exact) mass is 320 g/mol. The summed E-state index contributed by atoms with van der Waals surface area (Å²) < 4.78 is 20.3. The number of unbranched alkanes of at least 4 members (excludes halogenated alkanes) is 2. The molecule has 0 radical (unpaired) electrons. The van der Waals surface area contributed by atoms with E-state index in [2.05, 4.69) is 6.58 Å². The third-order valence-electron chi connectivity index (χ3n) is 2.57. The third kappa shape index (κ3) is 10.7. The van der Waals surface area contributed by atoms with Crippen molar-refractivity contribution in [2.45, 2.75) is 39.1 Å². The van der Waals surface area contributed by atoms with Crippen molar-refractivity contribution >= 4 is 5.97 Å². The number of hydrogen-bond donors (Lipinski definition) is 2. The van der Waals surface area contributed by atoms with Crippen molar-refractivity contribution in [1.29, 1.82) is 0 Å². The van der Waals surface area contributed by atoms with Crippen molar-refractivity contribution in [3.05, 3.63) is 12.2 Å². The van der Waals surface area contributed by atoms with Gasteiger partial charge in [-0.1, -0.05) is 26.3 Å². The highest BCUT2D eigenvalue weighted by molar-refractivity contribution is 5.87. The lowest BCUT2D eigenvalue weighted by Gasteiger charge is -2.27. The van der Waals surface area contributed by atoms with Gasteiger partial charge in [-0.2, -0.15) is 0 Å². The largest absolute Gasteiger partial charge is 0.402 e. The van der Waals surface area contributed by atoms with Crippen LogP contribution in [0.15, 0.2) is 12.2 Å². The number of ether oxygens (including phenoxy) is 4. The van der Waals surface area contributed by atoms with Gasteiger partial charge in [0.15, 0.2) is 0 Å². The van der Waals surface area contributed by atoms with Gasteiger partial charge in [0, 0.05) is 5.57 Å². The summed E-state index contributed by atoms with van der Waals surface area (Å²) in [6, 6.07) is 0. The fourth-order valence-electron chi connectivity index (χ4n) is 1.40. The lowest BCUT2D eigenvalue weighted by Crippen LogP contribution is -2.43. The summed E-state index contributed by atoms with van der Waals surface area (Å²) in [4.78, 5) is 11.6.